The van der Waals surface area contributed by atoms with E-state index in [4.69, 9.17) is 0 Å². The van der Waals surface area contributed by atoms with Crippen LogP contribution in [0.5, 0.6) is 0 Å². The van der Waals surface area contributed by atoms with Crippen LogP contribution in [0.2, 0.25) is 0 Å². The third-order valence-electron chi connectivity index (χ3n) is 5.47. The van der Waals surface area contributed by atoms with Crippen molar-refractivity contribution in [2.75, 3.05) is 0 Å². The summed E-state index contributed by atoms with van der Waals surface area (Å²) in [5.41, 5.74) is 2.05. The van der Waals surface area contributed by atoms with E-state index in [2.05, 4.69) is 27.7 Å². The molecular formula is C14H22O. The van der Waals surface area contributed by atoms with E-state index in [0.29, 0.717) is 5.41 Å². The highest BCUT2D eigenvalue weighted by Gasteiger charge is 2.59. The molecule has 15 heavy (non-hydrogen) atoms. The highest BCUT2D eigenvalue weighted by molar-refractivity contribution is 5.66. The average Bonchev–Trinajstić information content (AvgIpc) is 2.17. The predicted molar refractivity (Wildman–Crippen MR) is 62.5 cm³/mol. The van der Waals surface area contributed by atoms with Crippen molar-refractivity contribution in [1.29, 1.82) is 0 Å². The first-order chi connectivity index (χ1) is 6.93. The molecule has 0 aromatic heterocycles. The lowest BCUT2D eigenvalue weighted by molar-refractivity contribution is -0.134. The summed E-state index contributed by atoms with van der Waals surface area (Å²) in [6.45, 7) is 9.28. The maximum absolute atomic E-state index is 10.6. The van der Waals surface area contributed by atoms with Crippen molar-refractivity contribution in [1.82, 2.24) is 0 Å². The monoisotopic (exact) mass is 206 g/mol. The van der Waals surface area contributed by atoms with Gasteiger partial charge in [-0.25, -0.2) is 0 Å². The fourth-order valence-electron chi connectivity index (χ4n) is 4.00. The number of carbonyl (C=O) groups excluding carboxylic acids is 1. The molecule has 3 aliphatic rings. The normalized spacial score (nSPS) is 43.3. The van der Waals surface area contributed by atoms with Crippen LogP contribution in [0.25, 0.3) is 0 Å². The number of carbonyl (C=O) groups is 1. The van der Waals surface area contributed by atoms with Gasteiger partial charge in [0.2, 0.25) is 0 Å². The molecule has 1 heteroatoms. The van der Waals surface area contributed by atoms with Gasteiger partial charge in [-0.05, 0) is 54.9 Å². The van der Waals surface area contributed by atoms with Gasteiger partial charge in [-0.1, -0.05) is 26.3 Å². The number of hydrogen-bond donors (Lipinski definition) is 0. The number of hydrogen-bond acceptors (Lipinski definition) is 1. The molecule has 84 valence electrons. The summed E-state index contributed by atoms with van der Waals surface area (Å²) in [5, 5.41) is 0. The minimum absolute atomic E-state index is 0.277. The zero-order chi connectivity index (χ0) is 11.3. The fourth-order valence-corrected chi connectivity index (χ4v) is 4.00. The van der Waals surface area contributed by atoms with Crippen LogP contribution in [0.4, 0.5) is 0 Å². The lowest BCUT2D eigenvalue weighted by Crippen LogP contribution is -2.57. The van der Waals surface area contributed by atoms with Gasteiger partial charge < -0.3 is 0 Å². The standard InChI is InChI=1S/C14H22O/c1-10(6-8-15)14(4)7-5-11-9-12(14)13(11,2)3/h6,8,11-12H,5,7,9H2,1-4H3/t11-,12-,14-/m0/s1. The molecule has 0 N–H and O–H groups in total. The fraction of sp³-hybridized carbons (Fsp3) is 0.786. The highest BCUT2D eigenvalue weighted by atomic mass is 16.1. The topological polar surface area (TPSA) is 17.1 Å². The summed E-state index contributed by atoms with van der Waals surface area (Å²) in [6, 6.07) is 0. The third-order valence-corrected chi connectivity index (χ3v) is 5.47. The van der Waals surface area contributed by atoms with E-state index in [1.807, 2.05) is 0 Å². The second kappa shape index (κ2) is 3.20. The molecule has 0 unspecified atom stereocenters. The van der Waals surface area contributed by atoms with Crippen molar-refractivity contribution in [2.45, 2.75) is 47.0 Å². The van der Waals surface area contributed by atoms with E-state index in [9.17, 15) is 4.79 Å². The molecule has 3 aliphatic carbocycles. The van der Waals surface area contributed by atoms with Gasteiger partial charge in [-0.2, -0.15) is 0 Å². The number of fused-ring (bicyclic) bond motifs is 2. The summed E-state index contributed by atoms with van der Waals surface area (Å²) < 4.78 is 0. The van der Waals surface area contributed by atoms with Gasteiger partial charge in [-0.15, -0.1) is 0 Å². The number of rotatable bonds is 2. The van der Waals surface area contributed by atoms with Crippen molar-refractivity contribution < 1.29 is 4.79 Å². The Morgan fingerprint density at radius 1 is 1.33 bits per heavy atom. The first-order valence-electron chi connectivity index (χ1n) is 6.05. The molecule has 3 atom stereocenters. The third kappa shape index (κ3) is 1.32. The van der Waals surface area contributed by atoms with Crippen molar-refractivity contribution in [3.05, 3.63) is 11.6 Å². The Morgan fingerprint density at radius 2 is 2.00 bits per heavy atom. The Kier molecular flexibility index (Phi) is 2.33. The first kappa shape index (κ1) is 10.9. The SMILES string of the molecule is CC(=CC=O)[C@]1(C)CC[C@H]2C[C@H]1C2(C)C. The van der Waals surface area contributed by atoms with Gasteiger partial charge >= 0.3 is 0 Å². The quantitative estimate of drug-likeness (QED) is 0.498. The van der Waals surface area contributed by atoms with Crippen molar-refractivity contribution in [2.24, 2.45) is 22.7 Å². The molecular weight excluding hydrogens is 184 g/mol. The second-order valence-electron chi connectivity index (χ2n) is 6.25. The van der Waals surface area contributed by atoms with Crippen LogP contribution in [0.1, 0.15) is 47.0 Å². The van der Waals surface area contributed by atoms with Gasteiger partial charge in [0.25, 0.3) is 0 Å². The first-order valence-corrected chi connectivity index (χ1v) is 6.05. The van der Waals surface area contributed by atoms with Crippen LogP contribution in [0, 0.1) is 22.7 Å². The lowest BCUT2D eigenvalue weighted by Gasteiger charge is -2.65. The molecule has 0 radical (unpaired) electrons. The Hall–Kier alpha value is -0.590. The van der Waals surface area contributed by atoms with Crippen LogP contribution >= 0.6 is 0 Å². The summed E-state index contributed by atoms with van der Waals surface area (Å²) in [7, 11) is 0. The molecule has 0 heterocycles. The lowest BCUT2D eigenvalue weighted by atomic mass is 9.40. The molecule has 3 saturated carbocycles. The maximum Gasteiger partial charge on any atom is 0.142 e. The zero-order valence-electron chi connectivity index (χ0n) is 10.3. The van der Waals surface area contributed by atoms with Crippen molar-refractivity contribution in [3.8, 4) is 0 Å². The van der Waals surface area contributed by atoms with E-state index >= 15 is 0 Å². The van der Waals surface area contributed by atoms with Gasteiger partial charge in [0.1, 0.15) is 6.29 Å². The molecule has 2 bridgehead atoms. The van der Waals surface area contributed by atoms with Crippen LogP contribution in [0.3, 0.4) is 0 Å². The summed E-state index contributed by atoms with van der Waals surface area (Å²) in [6.07, 6.45) is 6.69. The Morgan fingerprint density at radius 3 is 2.47 bits per heavy atom. The Labute approximate surface area is 92.9 Å². The smallest absolute Gasteiger partial charge is 0.142 e. The average molecular weight is 206 g/mol. The van der Waals surface area contributed by atoms with Crippen molar-refractivity contribution >= 4 is 6.29 Å². The van der Waals surface area contributed by atoms with Crippen LogP contribution in [0.15, 0.2) is 11.6 Å². The van der Waals surface area contributed by atoms with Gasteiger partial charge in [-0.3, -0.25) is 4.79 Å². The van der Waals surface area contributed by atoms with E-state index in [1.54, 1.807) is 6.08 Å². The molecule has 3 fully saturated rings. The Balaban J connectivity index is 2.29. The van der Waals surface area contributed by atoms with E-state index in [0.717, 1.165) is 18.1 Å². The molecule has 0 saturated heterocycles. The van der Waals surface area contributed by atoms with Gasteiger partial charge in [0, 0.05) is 0 Å². The van der Waals surface area contributed by atoms with E-state index in [-0.39, 0.29) is 5.41 Å². The molecule has 0 amide bonds. The van der Waals surface area contributed by atoms with Crippen molar-refractivity contribution in [3.63, 3.8) is 0 Å². The zero-order valence-corrected chi connectivity index (χ0v) is 10.3. The Bertz CT molecular complexity index is 311. The molecule has 1 nitrogen and oxygen atoms in total. The molecule has 3 rings (SSSR count). The summed E-state index contributed by atoms with van der Waals surface area (Å²) >= 11 is 0. The summed E-state index contributed by atoms with van der Waals surface area (Å²) in [5.74, 6) is 1.71. The minimum atomic E-state index is 0.277. The summed E-state index contributed by atoms with van der Waals surface area (Å²) in [4.78, 5) is 10.6. The number of allylic oxidation sites excluding steroid dienone is 2. The molecule has 0 aromatic rings. The maximum atomic E-state index is 10.6. The van der Waals surface area contributed by atoms with Gasteiger partial charge in [0.05, 0.1) is 0 Å². The number of aldehydes is 1. The predicted octanol–water partition coefficient (Wildman–Crippen LogP) is 3.59. The van der Waals surface area contributed by atoms with E-state index in [1.165, 1.54) is 24.8 Å². The molecule has 0 aromatic carbocycles. The minimum Gasteiger partial charge on any atom is -0.299 e. The largest absolute Gasteiger partial charge is 0.299 e. The van der Waals surface area contributed by atoms with Crippen LogP contribution in [-0.4, -0.2) is 6.29 Å². The van der Waals surface area contributed by atoms with E-state index < -0.39 is 0 Å². The van der Waals surface area contributed by atoms with Crippen LogP contribution < -0.4 is 0 Å². The molecule has 0 aliphatic heterocycles. The van der Waals surface area contributed by atoms with Crippen LogP contribution in [-0.2, 0) is 4.79 Å². The molecule has 0 spiro atoms. The second-order valence-corrected chi connectivity index (χ2v) is 6.25. The van der Waals surface area contributed by atoms with Gasteiger partial charge in [0.15, 0.2) is 0 Å². The highest BCUT2D eigenvalue weighted by Crippen LogP contribution is 2.67.